The van der Waals surface area contributed by atoms with Gasteiger partial charge in [-0.2, -0.15) is 5.10 Å². The lowest BCUT2D eigenvalue weighted by Gasteiger charge is -2.09. The zero-order valence-corrected chi connectivity index (χ0v) is 13.7. The number of halogens is 1. The molecule has 126 valence electrons. The Morgan fingerprint density at radius 3 is 2.38 bits per heavy atom. The monoisotopic (exact) mass is 332 g/mol. The summed E-state index contributed by atoms with van der Waals surface area (Å²) < 4.78 is 15.3. The Hall–Kier alpha value is -3.03. The Kier molecular flexibility index (Phi) is 4.77. The minimum absolute atomic E-state index is 0.188. The molecule has 0 unspecified atom stereocenters. The fourth-order valence-corrected chi connectivity index (χ4v) is 2.30. The van der Waals surface area contributed by atoms with Gasteiger partial charge in [0, 0.05) is 25.4 Å². The quantitative estimate of drug-likeness (QED) is 0.661. The van der Waals surface area contributed by atoms with Gasteiger partial charge in [-0.3, -0.25) is 19.1 Å². The van der Waals surface area contributed by atoms with Crippen molar-refractivity contribution < 1.29 is 18.8 Å². The molecule has 0 spiro atoms. The highest BCUT2D eigenvalue weighted by atomic mass is 19.1. The van der Waals surface area contributed by atoms with Gasteiger partial charge in [-0.05, 0) is 32.0 Å². The minimum Gasteiger partial charge on any atom is -0.326 e. The fourth-order valence-electron chi connectivity index (χ4n) is 2.30. The highest BCUT2D eigenvalue weighted by molar-refractivity contribution is 6.47. The van der Waals surface area contributed by atoms with Gasteiger partial charge in [0.05, 0.1) is 16.9 Å². The van der Waals surface area contributed by atoms with E-state index in [1.165, 1.54) is 23.7 Å². The summed E-state index contributed by atoms with van der Waals surface area (Å²) in [5, 5.41) is 8.79. The van der Waals surface area contributed by atoms with Gasteiger partial charge in [-0.1, -0.05) is 0 Å². The number of Topliss-reactive ketones (excluding diaryl/α,β-unsaturated/α-hetero) is 1. The number of nitrogens with one attached hydrogen (secondary N) is 2. The summed E-state index contributed by atoms with van der Waals surface area (Å²) in [5.74, 6) is -2.84. The second-order valence-corrected chi connectivity index (χ2v) is 5.33. The first kappa shape index (κ1) is 17.3. The topological polar surface area (TPSA) is 93.1 Å². The molecule has 0 saturated carbocycles. The van der Waals surface area contributed by atoms with Gasteiger partial charge in [-0.25, -0.2) is 4.39 Å². The van der Waals surface area contributed by atoms with E-state index in [1.54, 1.807) is 20.9 Å². The normalized spacial score (nSPS) is 10.4. The molecule has 1 heterocycles. The van der Waals surface area contributed by atoms with Crippen LogP contribution in [-0.4, -0.2) is 27.4 Å². The number of ketones is 1. The van der Waals surface area contributed by atoms with E-state index in [0.29, 0.717) is 17.1 Å². The summed E-state index contributed by atoms with van der Waals surface area (Å²) in [6, 6.07) is 3.68. The summed E-state index contributed by atoms with van der Waals surface area (Å²) in [5.41, 5.74) is 1.26. The Balaban J connectivity index is 2.26. The van der Waals surface area contributed by atoms with E-state index in [4.69, 9.17) is 0 Å². The first-order chi connectivity index (χ1) is 11.2. The lowest BCUT2D eigenvalue weighted by Crippen LogP contribution is -2.24. The molecule has 24 heavy (non-hydrogen) atoms. The SMILES string of the molecule is CC(=O)Nc1ccc(F)c(NC(=O)C(=O)c2c(C)nn(C)c2C)c1. The molecule has 0 radical (unpaired) electrons. The summed E-state index contributed by atoms with van der Waals surface area (Å²) in [6.45, 7) is 4.59. The molecule has 1 aromatic heterocycles. The van der Waals surface area contributed by atoms with E-state index in [-0.39, 0.29) is 17.2 Å². The van der Waals surface area contributed by atoms with Crippen molar-refractivity contribution in [2.45, 2.75) is 20.8 Å². The van der Waals surface area contributed by atoms with Crippen LogP contribution in [0.3, 0.4) is 0 Å². The van der Waals surface area contributed by atoms with Crippen LogP contribution in [0.4, 0.5) is 15.8 Å². The van der Waals surface area contributed by atoms with E-state index in [2.05, 4.69) is 15.7 Å². The van der Waals surface area contributed by atoms with Gasteiger partial charge in [0.15, 0.2) is 0 Å². The van der Waals surface area contributed by atoms with E-state index < -0.39 is 17.5 Å². The summed E-state index contributed by atoms with van der Waals surface area (Å²) >= 11 is 0. The van der Waals surface area contributed by atoms with Crippen LogP contribution in [0.2, 0.25) is 0 Å². The molecule has 0 bridgehead atoms. The third kappa shape index (κ3) is 3.48. The van der Waals surface area contributed by atoms with Crippen LogP contribution in [0.5, 0.6) is 0 Å². The number of amides is 2. The third-order valence-corrected chi connectivity index (χ3v) is 3.48. The fraction of sp³-hybridized carbons (Fsp3) is 0.250. The van der Waals surface area contributed by atoms with Gasteiger partial charge in [0.2, 0.25) is 5.91 Å². The predicted molar refractivity (Wildman–Crippen MR) is 86.3 cm³/mol. The Labute approximate surface area is 137 Å². The molecular formula is C16H17FN4O3. The summed E-state index contributed by atoms with van der Waals surface area (Å²) in [4.78, 5) is 35.5. The van der Waals surface area contributed by atoms with Crippen LogP contribution < -0.4 is 10.6 Å². The second-order valence-electron chi connectivity index (χ2n) is 5.33. The third-order valence-electron chi connectivity index (χ3n) is 3.48. The number of rotatable bonds is 4. The molecule has 7 nitrogen and oxygen atoms in total. The van der Waals surface area contributed by atoms with Gasteiger partial charge in [-0.15, -0.1) is 0 Å². The molecule has 0 aliphatic rings. The lowest BCUT2D eigenvalue weighted by molar-refractivity contribution is -0.114. The van der Waals surface area contributed by atoms with Crippen molar-refractivity contribution >= 4 is 29.0 Å². The molecule has 8 heteroatoms. The maximum atomic E-state index is 13.8. The number of benzene rings is 1. The van der Waals surface area contributed by atoms with Crippen molar-refractivity contribution in [3.05, 3.63) is 41.0 Å². The van der Waals surface area contributed by atoms with E-state index >= 15 is 0 Å². The molecule has 2 N–H and O–H groups in total. The molecule has 0 aliphatic heterocycles. The number of aromatic nitrogens is 2. The first-order valence-electron chi connectivity index (χ1n) is 7.13. The van der Waals surface area contributed by atoms with Crippen LogP contribution >= 0.6 is 0 Å². The van der Waals surface area contributed by atoms with Gasteiger partial charge < -0.3 is 10.6 Å². The Morgan fingerprint density at radius 1 is 1.17 bits per heavy atom. The van der Waals surface area contributed by atoms with Gasteiger partial charge in [0.1, 0.15) is 5.82 Å². The summed E-state index contributed by atoms with van der Waals surface area (Å²) in [7, 11) is 1.66. The van der Waals surface area contributed by atoms with Crippen molar-refractivity contribution in [2.75, 3.05) is 10.6 Å². The average molecular weight is 332 g/mol. The number of carbonyl (C=O) groups excluding carboxylic acids is 3. The number of carbonyl (C=O) groups is 3. The number of hydrogen-bond donors (Lipinski definition) is 2. The number of anilines is 2. The van der Waals surface area contributed by atoms with Crippen molar-refractivity contribution in [3.63, 3.8) is 0 Å². The lowest BCUT2D eigenvalue weighted by atomic mass is 10.1. The van der Waals surface area contributed by atoms with Crippen molar-refractivity contribution in [3.8, 4) is 0 Å². The zero-order valence-electron chi connectivity index (χ0n) is 13.7. The largest absolute Gasteiger partial charge is 0.326 e. The average Bonchev–Trinajstić information content (AvgIpc) is 2.74. The van der Waals surface area contributed by atoms with Crippen LogP contribution in [0, 0.1) is 19.7 Å². The molecule has 0 aliphatic carbocycles. The predicted octanol–water partition coefficient (Wildman–Crippen LogP) is 1.96. The van der Waals surface area contributed by atoms with Crippen LogP contribution in [0.15, 0.2) is 18.2 Å². The summed E-state index contributed by atoms with van der Waals surface area (Å²) in [6.07, 6.45) is 0. The molecule has 0 saturated heterocycles. The molecule has 2 amide bonds. The zero-order chi connectivity index (χ0) is 18.0. The molecule has 2 rings (SSSR count). The number of aryl methyl sites for hydroxylation is 2. The van der Waals surface area contributed by atoms with E-state index in [9.17, 15) is 18.8 Å². The second kappa shape index (κ2) is 6.61. The minimum atomic E-state index is -0.979. The Morgan fingerprint density at radius 2 is 1.83 bits per heavy atom. The van der Waals surface area contributed by atoms with Crippen molar-refractivity contribution in [1.82, 2.24) is 9.78 Å². The highest BCUT2D eigenvalue weighted by Crippen LogP contribution is 2.21. The maximum absolute atomic E-state index is 13.8. The van der Waals surface area contributed by atoms with Crippen LogP contribution in [0.25, 0.3) is 0 Å². The Bertz CT molecular complexity index is 842. The highest BCUT2D eigenvalue weighted by Gasteiger charge is 2.24. The van der Waals surface area contributed by atoms with Crippen molar-refractivity contribution in [2.24, 2.45) is 7.05 Å². The van der Waals surface area contributed by atoms with Gasteiger partial charge in [0.25, 0.3) is 11.7 Å². The van der Waals surface area contributed by atoms with Crippen LogP contribution in [-0.2, 0) is 16.6 Å². The number of nitrogens with zero attached hydrogens (tertiary/aromatic N) is 2. The molecule has 0 fully saturated rings. The first-order valence-corrected chi connectivity index (χ1v) is 7.13. The van der Waals surface area contributed by atoms with Gasteiger partial charge >= 0.3 is 0 Å². The molecular weight excluding hydrogens is 315 g/mol. The molecule has 0 atom stereocenters. The van der Waals surface area contributed by atoms with Crippen LogP contribution in [0.1, 0.15) is 28.7 Å². The van der Waals surface area contributed by atoms with Crippen molar-refractivity contribution in [1.29, 1.82) is 0 Å². The standard InChI is InChI=1S/C16H17FN4O3/c1-8-14(9(2)21(4)20-8)15(23)16(24)19-13-7-11(18-10(3)22)5-6-12(13)17/h5-7H,1-4H3,(H,18,22)(H,19,24). The van der Waals surface area contributed by atoms with E-state index in [0.717, 1.165) is 6.07 Å². The number of hydrogen-bond acceptors (Lipinski definition) is 4. The van der Waals surface area contributed by atoms with E-state index in [1.807, 2.05) is 0 Å². The smallest absolute Gasteiger partial charge is 0.296 e. The molecule has 2 aromatic rings. The molecule has 1 aromatic carbocycles. The maximum Gasteiger partial charge on any atom is 0.296 e.